The molecule has 0 bridgehead atoms. The van der Waals surface area contributed by atoms with Crippen molar-refractivity contribution in [2.24, 2.45) is 0 Å². The first-order valence-corrected chi connectivity index (χ1v) is 6.24. The molecule has 0 fully saturated rings. The number of aromatic nitrogens is 2. The van der Waals surface area contributed by atoms with Crippen LogP contribution in [-0.2, 0) is 0 Å². The van der Waals surface area contributed by atoms with Gasteiger partial charge in [0.15, 0.2) is 0 Å². The predicted molar refractivity (Wildman–Crippen MR) is 79.6 cm³/mol. The second-order valence-corrected chi connectivity index (χ2v) is 4.67. The number of aromatic amines is 1. The molecule has 0 aliphatic heterocycles. The van der Waals surface area contributed by atoms with Gasteiger partial charge in [-0.3, -0.25) is 9.78 Å². The van der Waals surface area contributed by atoms with E-state index in [4.69, 9.17) is 5.73 Å². The first-order chi connectivity index (χ1) is 9.61. The molecule has 0 radical (unpaired) electrons. The number of amides is 1. The molecule has 2 heterocycles. The van der Waals surface area contributed by atoms with Crippen LogP contribution in [0.4, 0.5) is 11.4 Å². The lowest BCUT2D eigenvalue weighted by molar-refractivity contribution is 0.102. The third-order valence-electron chi connectivity index (χ3n) is 3.06. The van der Waals surface area contributed by atoms with Crippen molar-refractivity contribution in [1.82, 2.24) is 9.97 Å². The van der Waals surface area contributed by atoms with Gasteiger partial charge in [0, 0.05) is 22.3 Å². The number of rotatable bonds is 2. The molecule has 5 nitrogen and oxygen atoms in total. The summed E-state index contributed by atoms with van der Waals surface area (Å²) in [5.41, 5.74) is 9.34. The summed E-state index contributed by atoms with van der Waals surface area (Å²) in [5, 5.41) is 3.71. The molecule has 0 atom stereocenters. The van der Waals surface area contributed by atoms with Crippen LogP contribution in [0.5, 0.6) is 0 Å². The zero-order valence-corrected chi connectivity index (χ0v) is 11.0. The Morgan fingerprint density at radius 1 is 1.25 bits per heavy atom. The number of nitrogens with zero attached hydrogens (tertiary/aromatic N) is 1. The number of fused-ring (bicyclic) bond motifs is 1. The van der Waals surface area contributed by atoms with Crippen LogP contribution >= 0.6 is 0 Å². The van der Waals surface area contributed by atoms with Crippen LogP contribution in [0, 0.1) is 6.92 Å². The van der Waals surface area contributed by atoms with E-state index < -0.39 is 0 Å². The summed E-state index contributed by atoms with van der Waals surface area (Å²) >= 11 is 0. The number of benzene rings is 1. The standard InChI is InChI=1S/C15H14N4O/c1-9-2-4-12(8-17-9)18-15(20)14-7-10-6-11(16)3-5-13(10)19-14/h2-8,19H,16H2,1H3,(H,18,20). The smallest absolute Gasteiger partial charge is 0.272 e. The summed E-state index contributed by atoms with van der Waals surface area (Å²) < 4.78 is 0. The molecule has 0 spiro atoms. The van der Waals surface area contributed by atoms with E-state index in [1.165, 1.54) is 0 Å². The van der Waals surface area contributed by atoms with Crippen LogP contribution in [0.2, 0.25) is 0 Å². The fourth-order valence-corrected chi connectivity index (χ4v) is 2.01. The van der Waals surface area contributed by atoms with Gasteiger partial charge < -0.3 is 16.0 Å². The van der Waals surface area contributed by atoms with E-state index in [-0.39, 0.29) is 5.91 Å². The molecule has 2 aromatic heterocycles. The number of nitrogen functional groups attached to an aromatic ring is 1. The third kappa shape index (κ3) is 2.33. The maximum Gasteiger partial charge on any atom is 0.272 e. The van der Waals surface area contributed by atoms with Crippen molar-refractivity contribution in [2.75, 3.05) is 11.1 Å². The average molecular weight is 266 g/mol. The highest BCUT2D eigenvalue weighted by molar-refractivity contribution is 6.06. The fraction of sp³-hybridized carbons (Fsp3) is 0.0667. The number of nitrogens with two attached hydrogens (primary N) is 1. The molecular weight excluding hydrogens is 252 g/mol. The molecule has 3 aromatic rings. The van der Waals surface area contributed by atoms with Crippen molar-refractivity contribution < 1.29 is 4.79 Å². The Balaban J connectivity index is 1.86. The minimum atomic E-state index is -0.203. The van der Waals surface area contributed by atoms with E-state index in [2.05, 4.69) is 15.3 Å². The lowest BCUT2D eigenvalue weighted by atomic mass is 10.2. The largest absolute Gasteiger partial charge is 0.399 e. The summed E-state index contributed by atoms with van der Waals surface area (Å²) in [6, 6.07) is 10.9. The van der Waals surface area contributed by atoms with Crippen molar-refractivity contribution in [3.63, 3.8) is 0 Å². The molecule has 0 saturated heterocycles. The van der Waals surface area contributed by atoms with Crippen molar-refractivity contribution in [3.05, 3.63) is 54.0 Å². The number of H-pyrrole nitrogens is 1. The van der Waals surface area contributed by atoms with Crippen LogP contribution < -0.4 is 11.1 Å². The van der Waals surface area contributed by atoms with Gasteiger partial charge in [-0.1, -0.05) is 0 Å². The van der Waals surface area contributed by atoms with E-state index in [1.54, 1.807) is 18.3 Å². The van der Waals surface area contributed by atoms with E-state index in [1.807, 2.05) is 31.2 Å². The van der Waals surface area contributed by atoms with E-state index in [9.17, 15) is 4.79 Å². The highest BCUT2D eigenvalue weighted by Crippen LogP contribution is 2.19. The maximum atomic E-state index is 12.2. The summed E-state index contributed by atoms with van der Waals surface area (Å²) in [4.78, 5) is 19.4. The lowest BCUT2D eigenvalue weighted by Gasteiger charge is -2.03. The molecule has 1 aromatic carbocycles. The SMILES string of the molecule is Cc1ccc(NC(=O)c2cc3cc(N)ccc3[nH]2)cn1. The van der Waals surface area contributed by atoms with E-state index in [0.29, 0.717) is 17.1 Å². The summed E-state index contributed by atoms with van der Waals surface area (Å²) in [7, 11) is 0. The highest BCUT2D eigenvalue weighted by Gasteiger charge is 2.10. The van der Waals surface area contributed by atoms with Crippen molar-refractivity contribution >= 4 is 28.2 Å². The zero-order chi connectivity index (χ0) is 14.1. The van der Waals surface area contributed by atoms with Crippen molar-refractivity contribution in [2.45, 2.75) is 6.92 Å². The second kappa shape index (κ2) is 4.70. The zero-order valence-electron chi connectivity index (χ0n) is 11.0. The second-order valence-electron chi connectivity index (χ2n) is 4.67. The Kier molecular flexibility index (Phi) is 2.87. The van der Waals surface area contributed by atoms with E-state index in [0.717, 1.165) is 16.6 Å². The van der Waals surface area contributed by atoms with Gasteiger partial charge in [-0.25, -0.2) is 0 Å². The Bertz CT molecular complexity index is 774. The first-order valence-electron chi connectivity index (χ1n) is 6.24. The van der Waals surface area contributed by atoms with Crippen molar-refractivity contribution in [1.29, 1.82) is 0 Å². The molecule has 4 N–H and O–H groups in total. The summed E-state index contributed by atoms with van der Waals surface area (Å²) in [5.74, 6) is -0.203. The normalized spacial score (nSPS) is 10.7. The van der Waals surface area contributed by atoms with Gasteiger partial charge >= 0.3 is 0 Å². The van der Waals surface area contributed by atoms with Gasteiger partial charge in [0.2, 0.25) is 0 Å². The Hall–Kier alpha value is -2.82. The van der Waals surface area contributed by atoms with Gasteiger partial charge in [0.1, 0.15) is 5.69 Å². The number of carbonyl (C=O) groups is 1. The minimum absolute atomic E-state index is 0.203. The number of nitrogens with one attached hydrogen (secondary N) is 2. The number of hydrogen-bond acceptors (Lipinski definition) is 3. The summed E-state index contributed by atoms with van der Waals surface area (Å²) in [6.45, 7) is 1.90. The van der Waals surface area contributed by atoms with Crippen LogP contribution in [0.15, 0.2) is 42.6 Å². The molecule has 0 aliphatic carbocycles. The minimum Gasteiger partial charge on any atom is -0.399 e. The molecule has 100 valence electrons. The van der Waals surface area contributed by atoms with Gasteiger partial charge in [-0.05, 0) is 43.3 Å². The fourth-order valence-electron chi connectivity index (χ4n) is 2.01. The van der Waals surface area contributed by atoms with Crippen LogP contribution in [0.3, 0.4) is 0 Å². The first kappa shape index (κ1) is 12.2. The Morgan fingerprint density at radius 3 is 2.85 bits per heavy atom. The molecule has 1 amide bonds. The monoisotopic (exact) mass is 266 g/mol. The maximum absolute atomic E-state index is 12.2. The van der Waals surface area contributed by atoms with Crippen LogP contribution in [-0.4, -0.2) is 15.9 Å². The van der Waals surface area contributed by atoms with Crippen molar-refractivity contribution in [3.8, 4) is 0 Å². The molecular formula is C15H14N4O. The number of aryl methyl sites for hydroxylation is 1. The molecule has 0 aliphatic rings. The molecule has 3 rings (SSSR count). The van der Waals surface area contributed by atoms with E-state index >= 15 is 0 Å². The van der Waals surface area contributed by atoms with Gasteiger partial charge in [0.05, 0.1) is 11.9 Å². The highest BCUT2D eigenvalue weighted by atomic mass is 16.1. The Morgan fingerprint density at radius 2 is 2.10 bits per heavy atom. The lowest BCUT2D eigenvalue weighted by Crippen LogP contribution is -2.12. The third-order valence-corrected chi connectivity index (χ3v) is 3.06. The van der Waals surface area contributed by atoms with Gasteiger partial charge in [-0.2, -0.15) is 0 Å². The van der Waals surface area contributed by atoms with Gasteiger partial charge in [0.25, 0.3) is 5.91 Å². The summed E-state index contributed by atoms with van der Waals surface area (Å²) in [6.07, 6.45) is 1.63. The molecule has 0 saturated carbocycles. The average Bonchev–Trinajstić information content (AvgIpc) is 2.84. The van der Waals surface area contributed by atoms with Gasteiger partial charge in [-0.15, -0.1) is 0 Å². The Labute approximate surface area is 115 Å². The topological polar surface area (TPSA) is 83.8 Å². The van der Waals surface area contributed by atoms with Crippen LogP contribution in [0.1, 0.15) is 16.2 Å². The quantitative estimate of drug-likeness (QED) is 0.623. The molecule has 20 heavy (non-hydrogen) atoms. The molecule has 5 heteroatoms. The number of pyridine rings is 1. The van der Waals surface area contributed by atoms with Crippen LogP contribution in [0.25, 0.3) is 10.9 Å². The number of anilines is 2. The molecule has 0 unspecified atom stereocenters. The number of hydrogen-bond donors (Lipinski definition) is 3. The number of carbonyl (C=O) groups excluding carboxylic acids is 1. The predicted octanol–water partition coefficient (Wildman–Crippen LogP) is 2.71.